The third kappa shape index (κ3) is 2.39. The van der Waals surface area contributed by atoms with Crippen molar-refractivity contribution in [1.29, 1.82) is 0 Å². The predicted molar refractivity (Wildman–Crippen MR) is 84.7 cm³/mol. The lowest BCUT2D eigenvalue weighted by Gasteiger charge is -2.27. The number of hydrogen-bond donors (Lipinski definition) is 2. The highest BCUT2D eigenvalue weighted by atomic mass is 15.5. The number of hydrogen-bond acceptors (Lipinski definition) is 5. The summed E-state index contributed by atoms with van der Waals surface area (Å²) in [6.45, 7) is 1.43. The summed E-state index contributed by atoms with van der Waals surface area (Å²) in [6.07, 6.45) is 0. The third-order valence-electron chi connectivity index (χ3n) is 3.80. The number of aromatic nitrogens is 4. The summed E-state index contributed by atoms with van der Waals surface area (Å²) in [5.74, 6) is 0.839. The molecule has 1 aliphatic rings. The van der Waals surface area contributed by atoms with Gasteiger partial charge in [-0.05, 0) is 28.1 Å². The monoisotopic (exact) mass is 292 g/mol. The number of benzene rings is 2. The molecule has 0 bridgehead atoms. The first-order valence-electron chi connectivity index (χ1n) is 7.29. The fourth-order valence-electron chi connectivity index (χ4n) is 2.70. The Morgan fingerprint density at radius 3 is 2.64 bits per heavy atom. The highest BCUT2D eigenvalue weighted by Crippen LogP contribution is 2.30. The number of tetrazole rings is 1. The van der Waals surface area contributed by atoms with Crippen LogP contribution in [0.4, 0.5) is 11.4 Å². The van der Waals surface area contributed by atoms with E-state index in [-0.39, 0.29) is 6.04 Å². The van der Waals surface area contributed by atoms with Crippen LogP contribution in [-0.2, 0) is 6.54 Å². The van der Waals surface area contributed by atoms with Gasteiger partial charge < -0.3 is 10.6 Å². The molecule has 0 spiro atoms. The summed E-state index contributed by atoms with van der Waals surface area (Å²) >= 11 is 0. The van der Waals surface area contributed by atoms with Gasteiger partial charge in [0.15, 0.2) is 5.82 Å². The maximum absolute atomic E-state index is 4.21. The molecule has 0 aliphatic carbocycles. The molecule has 6 heteroatoms. The van der Waals surface area contributed by atoms with Gasteiger partial charge in [0.25, 0.3) is 0 Å². The van der Waals surface area contributed by atoms with E-state index in [1.807, 2.05) is 35.0 Å². The Kier molecular flexibility index (Phi) is 3.19. The lowest BCUT2D eigenvalue weighted by atomic mass is 10.1. The molecule has 1 atom stereocenters. The normalized spacial score (nSPS) is 16.5. The Labute approximate surface area is 128 Å². The van der Waals surface area contributed by atoms with Crippen molar-refractivity contribution in [2.24, 2.45) is 0 Å². The average molecular weight is 292 g/mol. The number of para-hydroxylation sites is 2. The van der Waals surface area contributed by atoms with Crippen molar-refractivity contribution < 1.29 is 0 Å². The SMILES string of the molecule is c1ccc(Cn2nnnc2C2CNc3ccccc3N2)cc1. The maximum Gasteiger partial charge on any atom is 0.175 e. The van der Waals surface area contributed by atoms with Crippen molar-refractivity contribution in [3.05, 3.63) is 66.0 Å². The summed E-state index contributed by atoms with van der Waals surface area (Å²) in [4.78, 5) is 0. The van der Waals surface area contributed by atoms with Crippen molar-refractivity contribution in [2.75, 3.05) is 17.2 Å². The van der Waals surface area contributed by atoms with Crippen molar-refractivity contribution in [1.82, 2.24) is 20.2 Å². The van der Waals surface area contributed by atoms with E-state index in [1.54, 1.807) is 0 Å². The minimum atomic E-state index is 0.0496. The molecule has 1 aromatic heterocycles. The Balaban J connectivity index is 1.58. The predicted octanol–water partition coefficient (Wildman–Crippen LogP) is 2.30. The maximum atomic E-state index is 4.21. The zero-order valence-electron chi connectivity index (χ0n) is 12.0. The van der Waals surface area contributed by atoms with E-state index < -0.39 is 0 Å². The summed E-state index contributed by atoms with van der Waals surface area (Å²) in [5, 5.41) is 19.1. The summed E-state index contributed by atoms with van der Waals surface area (Å²) in [6, 6.07) is 18.4. The molecule has 0 amide bonds. The summed E-state index contributed by atoms with van der Waals surface area (Å²) in [5.41, 5.74) is 3.37. The Morgan fingerprint density at radius 2 is 1.77 bits per heavy atom. The molecular formula is C16H16N6. The third-order valence-corrected chi connectivity index (χ3v) is 3.80. The van der Waals surface area contributed by atoms with E-state index in [0.29, 0.717) is 6.54 Å². The number of nitrogens with zero attached hydrogens (tertiary/aromatic N) is 4. The first-order chi connectivity index (χ1) is 10.9. The van der Waals surface area contributed by atoms with Crippen molar-refractivity contribution >= 4 is 11.4 Å². The molecular weight excluding hydrogens is 276 g/mol. The fraction of sp³-hybridized carbons (Fsp3) is 0.188. The Hall–Kier alpha value is -2.89. The molecule has 2 N–H and O–H groups in total. The zero-order valence-corrected chi connectivity index (χ0v) is 12.0. The van der Waals surface area contributed by atoms with E-state index in [2.05, 4.69) is 50.4 Å². The molecule has 3 aromatic rings. The van der Waals surface area contributed by atoms with Crippen LogP contribution in [0.5, 0.6) is 0 Å². The van der Waals surface area contributed by atoms with Gasteiger partial charge in [0.1, 0.15) is 6.04 Å². The highest BCUT2D eigenvalue weighted by molar-refractivity contribution is 5.71. The summed E-state index contributed by atoms with van der Waals surface area (Å²) in [7, 11) is 0. The molecule has 4 rings (SSSR count). The van der Waals surface area contributed by atoms with Crippen molar-refractivity contribution in [2.45, 2.75) is 12.6 Å². The molecule has 22 heavy (non-hydrogen) atoms. The van der Waals surface area contributed by atoms with Crippen LogP contribution in [0.3, 0.4) is 0 Å². The fourth-order valence-corrected chi connectivity index (χ4v) is 2.70. The van der Waals surface area contributed by atoms with Gasteiger partial charge in [-0.2, -0.15) is 0 Å². The van der Waals surface area contributed by atoms with Crippen LogP contribution in [0.2, 0.25) is 0 Å². The lowest BCUT2D eigenvalue weighted by molar-refractivity contribution is 0.590. The van der Waals surface area contributed by atoms with Crippen LogP contribution in [0.1, 0.15) is 17.4 Å². The first kappa shape index (κ1) is 12.8. The van der Waals surface area contributed by atoms with Crippen LogP contribution in [-0.4, -0.2) is 26.8 Å². The van der Waals surface area contributed by atoms with Crippen molar-refractivity contribution in [3.8, 4) is 0 Å². The minimum Gasteiger partial charge on any atom is -0.381 e. The Morgan fingerprint density at radius 1 is 1.00 bits per heavy atom. The molecule has 0 radical (unpaired) electrons. The topological polar surface area (TPSA) is 67.7 Å². The van der Waals surface area contributed by atoms with Gasteiger partial charge in [0.05, 0.1) is 17.9 Å². The highest BCUT2D eigenvalue weighted by Gasteiger charge is 2.23. The average Bonchev–Trinajstić information content (AvgIpc) is 3.03. The van der Waals surface area contributed by atoms with Crippen molar-refractivity contribution in [3.63, 3.8) is 0 Å². The van der Waals surface area contributed by atoms with Gasteiger partial charge >= 0.3 is 0 Å². The smallest absolute Gasteiger partial charge is 0.175 e. The quantitative estimate of drug-likeness (QED) is 0.775. The summed E-state index contributed by atoms with van der Waals surface area (Å²) < 4.78 is 1.85. The van der Waals surface area contributed by atoms with Crippen LogP contribution >= 0.6 is 0 Å². The van der Waals surface area contributed by atoms with Gasteiger partial charge in [-0.1, -0.05) is 42.5 Å². The molecule has 2 heterocycles. The standard InChI is InChI=1S/C16H16N6/c1-2-6-12(7-3-1)11-22-16(19-20-21-22)15-10-17-13-8-4-5-9-14(13)18-15/h1-9,15,17-18H,10-11H2. The van der Waals surface area contributed by atoms with E-state index >= 15 is 0 Å². The van der Waals surface area contributed by atoms with E-state index in [4.69, 9.17) is 0 Å². The molecule has 1 unspecified atom stereocenters. The second kappa shape index (κ2) is 5.48. The van der Waals surface area contributed by atoms with Crippen LogP contribution in [0.25, 0.3) is 0 Å². The van der Waals surface area contributed by atoms with Crippen LogP contribution in [0.15, 0.2) is 54.6 Å². The molecule has 0 fully saturated rings. The number of fused-ring (bicyclic) bond motifs is 1. The molecule has 1 aliphatic heterocycles. The number of rotatable bonds is 3. The van der Waals surface area contributed by atoms with Crippen LogP contribution in [0, 0.1) is 0 Å². The van der Waals surface area contributed by atoms with Gasteiger partial charge in [0.2, 0.25) is 0 Å². The first-order valence-corrected chi connectivity index (χ1v) is 7.29. The largest absolute Gasteiger partial charge is 0.381 e. The lowest BCUT2D eigenvalue weighted by Crippen LogP contribution is -2.28. The minimum absolute atomic E-state index is 0.0496. The number of anilines is 2. The van der Waals surface area contributed by atoms with E-state index in [0.717, 1.165) is 23.7 Å². The second-order valence-corrected chi connectivity index (χ2v) is 5.30. The molecule has 6 nitrogen and oxygen atoms in total. The molecule has 2 aromatic carbocycles. The number of nitrogens with one attached hydrogen (secondary N) is 2. The van der Waals surface area contributed by atoms with Crippen LogP contribution < -0.4 is 10.6 Å². The molecule has 110 valence electrons. The van der Waals surface area contributed by atoms with E-state index in [1.165, 1.54) is 5.56 Å². The molecule has 0 saturated heterocycles. The zero-order chi connectivity index (χ0) is 14.8. The van der Waals surface area contributed by atoms with Gasteiger partial charge in [0, 0.05) is 6.54 Å². The molecule has 0 saturated carbocycles. The Bertz CT molecular complexity index is 767. The second-order valence-electron chi connectivity index (χ2n) is 5.30. The van der Waals surface area contributed by atoms with Gasteiger partial charge in [-0.3, -0.25) is 0 Å². The van der Waals surface area contributed by atoms with E-state index in [9.17, 15) is 0 Å². The van der Waals surface area contributed by atoms with Gasteiger partial charge in [-0.15, -0.1) is 5.10 Å². The van der Waals surface area contributed by atoms with Gasteiger partial charge in [-0.25, -0.2) is 4.68 Å².